The molecule has 0 unspecified atom stereocenters. The van der Waals surface area contributed by atoms with Gasteiger partial charge in [0.15, 0.2) is 0 Å². The minimum Gasteiger partial charge on any atom is -0.465 e. The third-order valence-corrected chi connectivity index (χ3v) is 6.17. The molecule has 2 aromatic heterocycles. The number of carbonyl (C=O) groups excluding carboxylic acids is 1. The van der Waals surface area contributed by atoms with Crippen LogP contribution in [0.25, 0.3) is 22.4 Å². The van der Waals surface area contributed by atoms with Gasteiger partial charge in [-0.25, -0.2) is 4.98 Å². The van der Waals surface area contributed by atoms with Crippen molar-refractivity contribution in [3.63, 3.8) is 0 Å². The van der Waals surface area contributed by atoms with Crippen LogP contribution < -0.4 is 5.56 Å². The fourth-order valence-corrected chi connectivity index (χ4v) is 4.30. The van der Waals surface area contributed by atoms with Gasteiger partial charge in [0, 0.05) is 30.4 Å². The summed E-state index contributed by atoms with van der Waals surface area (Å²) in [5, 5.41) is 10.2. The second-order valence-electron chi connectivity index (χ2n) is 11.1. The van der Waals surface area contributed by atoms with Gasteiger partial charge in [0.1, 0.15) is 5.82 Å². The number of aryl methyl sites for hydroxylation is 3. The van der Waals surface area contributed by atoms with Crippen LogP contribution in [0.2, 0.25) is 0 Å². The maximum Gasteiger partial charge on any atom is 0.311 e. The van der Waals surface area contributed by atoms with Crippen molar-refractivity contribution in [3.05, 3.63) is 51.9 Å². The Balaban J connectivity index is 1.89. The fourth-order valence-electron chi connectivity index (χ4n) is 4.30. The van der Waals surface area contributed by atoms with Gasteiger partial charge in [-0.05, 0) is 69.7 Å². The molecule has 1 N–H and O–H groups in total. The lowest BCUT2D eigenvalue weighted by molar-refractivity contribution is -0.155. The number of pyridine rings is 1. The molecule has 7 nitrogen and oxygen atoms in total. The number of aliphatic hydroxyl groups is 1. The van der Waals surface area contributed by atoms with Crippen LogP contribution in [0.5, 0.6) is 0 Å². The maximum atomic E-state index is 12.6. The largest absolute Gasteiger partial charge is 0.465 e. The number of benzene rings is 1. The minimum atomic E-state index is -0.786. The lowest BCUT2D eigenvalue weighted by Gasteiger charge is -2.23. The number of hydrogen-bond acceptors (Lipinski definition) is 5. The van der Waals surface area contributed by atoms with E-state index in [2.05, 4.69) is 30.5 Å². The van der Waals surface area contributed by atoms with Crippen molar-refractivity contribution in [2.45, 2.75) is 73.5 Å². The molecule has 0 fully saturated rings. The number of fused-ring (bicyclic) bond motifs is 1. The summed E-state index contributed by atoms with van der Waals surface area (Å²) in [7, 11) is 1.75. The monoisotopic (exact) mass is 481 g/mol. The van der Waals surface area contributed by atoms with E-state index in [1.807, 2.05) is 46.0 Å². The predicted molar refractivity (Wildman–Crippen MR) is 139 cm³/mol. The van der Waals surface area contributed by atoms with Crippen molar-refractivity contribution in [1.82, 2.24) is 14.1 Å². The number of rotatable bonds is 8. The van der Waals surface area contributed by atoms with Crippen LogP contribution in [0.4, 0.5) is 0 Å². The number of aliphatic hydroxyl groups excluding tert-OH is 1. The maximum absolute atomic E-state index is 12.6. The van der Waals surface area contributed by atoms with Gasteiger partial charge in [-0.2, -0.15) is 0 Å². The smallest absolute Gasteiger partial charge is 0.311 e. The fraction of sp³-hybridized carbons (Fsp3) is 0.536. The lowest BCUT2D eigenvalue weighted by atomic mass is 9.94. The molecule has 7 heteroatoms. The summed E-state index contributed by atoms with van der Waals surface area (Å²) < 4.78 is 9.25. The molecule has 1 aromatic carbocycles. The zero-order valence-electron chi connectivity index (χ0n) is 22.3. The van der Waals surface area contributed by atoms with Crippen molar-refractivity contribution >= 4 is 17.0 Å². The summed E-state index contributed by atoms with van der Waals surface area (Å²) in [5.41, 5.74) is 4.35. The van der Waals surface area contributed by atoms with Crippen LogP contribution >= 0.6 is 0 Å². The van der Waals surface area contributed by atoms with Crippen LogP contribution in [0.1, 0.15) is 65.1 Å². The number of esters is 1. The Kier molecular flexibility index (Phi) is 7.90. The molecule has 0 radical (unpaired) electrons. The third-order valence-electron chi connectivity index (χ3n) is 6.17. The number of aromatic nitrogens is 3. The van der Waals surface area contributed by atoms with E-state index >= 15 is 0 Å². The average molecular weight is 482 g/mol. The van der Waals surface area contributed by atoms with Gasteiger partial charge >= 0.3 is 5.97 Å². The average Bonchev–Trinajstić information content (AvgIpc) is 3.14. The molecule has 0 aliphatic rings. The lowest BCUT2D eigenvalue weighted by Crippen LogP contribution is -2.30. The van der Waals surface area contributed by atoms with Crippen LogP contribution in [0.3, 0.4) is 0 Å². The number of ether oxygens (including phenoxy) is 1. The predicted octanol–water partition coefficient (Wildman–Crippen LogP) is 4.81. The van der Waals surface area contributed by atoms with E-state index in [1.54, 1.807) is 18.5 Å². The summed E-state index contributed by atoms with van der Waals surface area (Å²) in [6.07, 6.45) is 2.15. The van der Waals surface area contributed by atoms with Gasteiger partial charge in [0.05, 0.1) is 29.7 Å². The highest BCUT2D eigenvalue weighted by Crippen LogP contribution is 2.29. The minimum absolute atomic E-state index is 0.0167. The second-order valence-corrected chi connectivity index (χ2v) is 11.1. The number of nitrogens with zero attached hydrogens (tertiary/aromatic N) is 3. The molecule has 0 bridgehead atoms. The number of hydrogen-bond donors (Lipinski definition) is 1. The summed E-state index contributed by atoms with van der Waals surface area (Å²) in [4.78, 5) is 29.7. The molecule has 3 rings (SSSR count). The van der Waals surface area contributed by atoms with Gasteiger partial charge in [0.2, 0.25) is 0 Å². The third kappa shape index (κ3) is 6.20. The van der Waals surface area contributed by atoms with E-state index < -0.39 is 12.0 Å². The molecule has 3 aromatic rings. The van der Waals surface area contributed by atoms with Crippen LogP contribution in [0.15, 0.2) is 35.3 Å². The number of imidazole rings is 1. The standard InChI is InChI=1S/C28H39N3O4/c1-17(2)31-24-12-10-20(9-11-22(19(4)32)27(34)35-16-28(5,6)7)14-23(24)29-25(31)21-13-18(3)26(33)30(8)15-21/h10,12-15,17,19,22,32H,9,11,16H2,1-8H3/t19-,22+/m1/s1. The highest BCUT2D eigenvalue weighted by molar-refractivity contribution is 5.81. The van der Waals surface area contributed by atoms with Crippen LogP contribution in [0, 0.1) is 18.3 Å². The van der Waals surface area contributed by atoms with Crippen molar-refractivity contribution in [3.8, 4) is 11.4 Å². The topological polar surface area (TPSA) is 86.3 Å². The van der Waals surface area contributed by atoms with Crippen molar-refractivity contribution in [1.29, 1.82) is 0 Å². The molecule has 35 heavy (non-hydrogen) atoms. The molecule has 2 atom stereocenters. The first-order valence-corrected chi connectivity index (χ1v) is 12.3. The Bertz CT molecular complexity index is 1240. The highest BCUT2D eigenvalue weighted by Gasteiger charge is 2.27. The van der Waals surface area contributed by atoms with E-state index in [9.17, 15) is 14.7 Å². The van der Waals surface area contributed by atoms with E-state index in [-0.39, 0.29) is 23.0 Å². The van der Waals surface area contributed by atoms with Crippen LogP contribution in [-0.4, -0.2) is 37.9 Å². The summed E-state index contributed by atoms with van der Waals surface area (Å²) >= 11 is 0. The summed E-state index contributed by atoms with van der Waals surface area (Å²) in [5.74, 6) is -0.115. The Labute approximate surface area is 207 Å². The zero-order valence-corrected chi connectivity index (χ0v) is 22.3. The van der Waals surface area contributed by atoms with Crippen molar-refractivity contribution in [2.75, 3.05) is 6.61 Å². The molecule has 2 heterocycles. The molecule has 190 valence electrons. The molecule has 0 saturated heterocycles. The van der Waals surface area contributed by atoms with Gasteiger partial charge in [-0.15, -0.1) is 0 Å². The van der Waals surface area contributed by atoms with Gasteiger partial charge in [0.25, 0.3) is 5.56 Å². The molecule has 0 amide bonds. The molecular weight excluding hydrogens is 442 g/mol. The van der Waals surface area contributed by atoms with E-state index in [1.165, 1.54) is 0 Å². The molecule has 0 spiro atoms. The molecular formula is C28H39N3O4. The van der Waals surface area contributed by atoms with E-state index in [4.69, 9.17) is 9.72 Å². The quantitative estimate of drug-likeness (QED) is 0.467. The zero-order chi connectivity index (χ0) is 26.1. The first-order chi connectivity index (χ1) is 16.3. The Morgan fingerprint density at radius 3 is 2.43 bits per heavy atom. The molecule has 0 aliphatic carbocycles. The second kappa shape index (κ2) is 10.4. The normalized spacial score (nSPS) is 13.9. The highest BCUT2D eigenvalue weighted by atomic mass is 16.5. The van der Waals surface area contributed by atoms with Crippen molar-refractivity contribution < 1.29 is 14.6 Å². The van der Waals surface area contributed by atoms with E-state index in [0.29, 0.717) is 25.0 Å². The van der Waals surface area contributed by atoms with Gasteiger partial charge in [-0.3, -0.25) is 9.59 Å². The Morgan fingerprint density at radius 2 is 1.86 bits per heavy atom. The Hall–Kier alpha value is -2.93. The first-order valence-electron chi connectivity index (χ1n) is 12.3. The van der Waals surface area contributed by atoms with Gasteiger partial charge in [-0.1, -0.05) is 26.8 Å². The summed E-state index contributed by atoms with van der Waals surface area (Å²) in [6.45, 7) is 14.0. The first kappa shape index (κ1) is 26.7. The number of carbonyl (C=O) groups is 1. The summed E-state index contributed by atoms with van der Waals surface area (Å²) in [6, 6.07) is 8.23. The molecule has 0 saturated carbocycles. The van der Waals surface area contributed by atoms with Gasteiger partial charge < -0.3 is 19.0 Å². The Morgan fingerprint density at radius 1 is 1.17 bits per heavy atom. The van der Waals surface area contributed by atoms with Crippen molar-refractivity contribution in [2.24, 2.45) is 18.4 Å². The van der Waals surface area contributed by atoms with Crippen LogP contribution in [-0.2, 0) is 23.0 Å². The molecule has 0 aliphatic heterocycles. The van der Waals surface area contributed by atoms with E-state index in [0.717, 1.165) is 28.0 Å². The SMILES string of the molecule is Cc1cc(-c2nc3cc(CC[C@H](C(=O)OCC(C)(C)C)[C@@H](C)O)ccc3n2C(C)C)cn(C)c1=O.